The van der Waals surface area contributed by atoms with Crippen LogP contribution in [0.2, 0.25) is 0 Å². The Hall–Kier alpha value is -4.01. The standard InChI is InChI=1S/C35H41N3O5/c1-35(2,3)43-34(39)38-17-16-31(32(23-38)42-25-27-14-15-28-12-7-8-13-29(28)20-27)30-21-36-33(37-22-30)41-19-9-18-40-24-26-10-5-4-6-11-26/h4-8,10-15,20-22,31-32H,9,16-19,23-25H2,1-3H3. The van der Waals surface area contributed by atoms with Gasteiger partial charge >= 0.3 is 12.1 Å². The number of rotatable bonds is 11. The topological polar surface area (TPSA) is 83.0 Å². The normalized spacial score (nSPS) is 17.1. The number of nitrogens with zero attached hydrogens (tertiary/aromatic N) is 3. The van der Waals surface area contributed by atoms with Crippen LogP contribution in [0.3, 0.4) is 0 Å². The van der Waals surface area contributed by atoms with Crippen LogP contribution in [0.15, 0.2) is 85.2 Å². The van der Waals surface area contributed by atoms with E-state index in [-0.39, 0.29) is 18.1 Å². The lowest BCUT2D eigenvalue weighted by Gasteiger charge is -2.39. The summed E-state index contributed by atoms with van der Waals surface area (Å²) in [6, 6.07) is 25.1. The zero-order chi connectivity index (χ0) is 30.1. The van der Waals surface area contributed by atoms with Crippen LogP contribution < -0.4 is 4.74 Å². The second-order valence-corrected chi connectivity index (χ2v) is 11.9. The molecule has 0 radical (unpaired) electrons. The van der Waals surface area contributed by atoms with Crippen molar-refractivity contribution in [3.05, 3.63) is 102 Å². The maximum absolute atomic E-state index is 12.9. The van der Waals surface area contributed by atoms with E-state index >= 15 is 0 Å². The summed E-state index contributed by atoms with van der Waals surface area (Å²) in [6.45, 7) is 8.72. The molecule has 0 aliphatic carbocycles. The number of carbonyl (C=O) groups excluding carboxylic acids is 1. The number of ether oxygens (including phenoxy) is 4. The zero-order valence-corrected chi connectivity index (χ0v) is 25.3. The van der Waals surface area contributed by atoms with Crippen molar-refractivity contribution in [1.82, 2.24) is 14.9 Å². The Bertz CT molecular complexity index is 1460. The highest BCUT2D eigenvalue weighted by atomic mass is 16.6. The van der Waals surface area contributed by atoms with Gasteiger partial charge in [0, 0.05) is 31.3 Å². The van der Waals surface area contributed by atoms with Gasteiger partial charge < -0.3 is 23.8 Å². The van der Waals surface area contributed by atoms with Gasteiger partial charge in [-0.2, -0.15) is 0 Å². The smallest absolute Gasteiger partial charge is 0.410 e. The number of carbonyl (C=O) groups is 1. The molecule has 226 valence electrons. The first-order valence-electron chi connectivity index (χ1n) is 15.0. The van der Waals surface area contributed by atoms with Crippen LogP contribution in [-0.4, -0.2) is 59.0 Å². The maximum Gasteiger partial charge on any atom is 0.410 e. The Morgan fingerprint density at radius 3 is 2.40 bits per heavy atom. The van der Waals surface area contributed by atoms with Gasteiger partial charge in [0.2, 0.25) is 0 Å². The number of aromatic nitrogens is 2. The summed E-state index contributed by atoms with van der Waals surface area (Å²) in [4.78, 5) is 23.6. The Labute approximate surface area is 254 Å². The quantitative estimate of drug-likeness (QED) is 0.177. The molecule has 2 heterocycles. The number of hydrogen-bond donors (Lipinski definition) is 0. The van der Waals surface area contributed by atoms with Crippen LogP contribution in [0.25, 0.3) is 10.8 Å². The molecule has 2 atom stereocenters. The molecule has 8 heteroatoms. The molecule has 1 aliphatic heterocycles. The average molecular weight is 584 g/mol. The molecule has 1 amide bonds. The first-order valence-corrected chi connectivity index (χ1v) is 15.0. The summed E-state index contributed by atoms with van der Waals surface area (Å²) in [5.74, 6) is 0.0274. The van der Waals surface area contributed by atoms with Gasteiger partial charge in [0.25, 0.3) is 0 Å². The monoisotopic (exact) mass is 583 g/mol. The van der Waals surface area contributed by atoms with Crippen LogP contribution in [-0.2, 0) is 27.4 Å². The zero-order valence-electron chi connectivity index (χ0n) is 25.3. The summed E-state index contributed by atoms with van der Waals surface area (Å²) in [6.07, 6.45) is 4.52. The summed E-state index contributed by atoms with van der Waals surface area (Å²) in [5.41, 5.74) is 2.64. The maximum atomic E-state index is 12.9. The van der Waals surface area contributed by atoms with Crippen molar-refractivity contribution >= 4 is 16.9 Å². The molecule has 5 rings (SSSR count). The van der Waals surface area contributed by atoms with Crippen LogP contribution >= 0.6 is 0 Å². The fourth-order valence-corrected chi connectivity index (χ4v) is 5.17. The highest BCUT2D eigenvalue weighted by molar-refractivity contribution is 5.82. The molecule has 1 aliphatic rings. The van der Waals surface area contributed by atoms with Crippen LogP contribution in [0.4, 0.5) is 4.79 Å². The molecule has 2 unspecified atom stereocenters. The summed E-state index contributed by atoms with van der Waals surface area (Å²) in [5, 5.41) is 2.36. The predicted molar refractivity (Wildman–Crippen MR) is 166 cm³/mol. The number of benzene rings is 3. The highest BCUT2D eigenvalue weighted by Gasteiger charge is 2.35. The molecule has 4 aromatic rings. The Morgan fingerprint density at radius 1 is 0.884 bits per heavy atom. The van der Waals surface area contributed by atoms with Gasteiger partial charge in [-0.1, -0.05) is 66.7 Å². The van der Waals surface area contributed by atoms with Crippen molar-refractivity contribution in [1.29, 1.82) is 0 Å². The van der Waals surface area contributed by atoms with Gasteiger partial charge in [0.15, 0.2) is 0 Å². The van der Waals surface area contributed by atoms with Crippen molar-refractivity contribution in [3.63, 3.8) is 0 Å². The molecule has 0 spiro atoms. The minimum absolute atomic E-state index is 0.0274. The lowest BCUT2D eigenvalue weighted by molar-refractivity contribution is -0.0360. The molecule has 0 bridgehead atoms. The first-order chi connectivity index (χ1) is 20.8. The summed E-state index contributed by atoms with van der Waals surface area (Å²) in [7, 11) is 0. The first kappa shape index (κ1) is 30.4. The van der Waals surface area contributed by atoms with Gasteiger partial charge in [-0.15, -0.1) is 0 Å². The Kier molecular flexibility index (Phi) is 10.2. The highest BCUT2D eigenvalue weighted by Crippen LogP contribution is 2.32. The molecule has 0 saturated carbocycles. The van der Waals surface area contributed by atoms with E-state index in [1.165, 1.54) is 10.8 Å². The van der Waals surface area contributed by atoms with Gasteiger partial charge in [0.1, 0.15) is 5.60 Å². The van der Waals surface area contributed by atoms with E-state index in [4.69, 9.17) is 18.9 Å². The molecular weight excluding hydrogens is 542 g/mol. The van der Waals surface area contributed by atoms with Crippen molar-refractivity contribution < 1.29 is 23.7 Å². The lowest BCUT2D eigenvalue weighted by atomic mass is 9.88. The minimum Gasteiger partial charge on any atom is -0.463 e. The van der Waals surface area contributed by atoms with E-state index in [1.807, 2.05) is 75.6 Å². The van der Waals surface area contributed by atoms with Crippen molar-refractivity contribution in [2.45, 2.75) is 64.4 Å². The third kappa shape index (κ3) is 8.99. The van der Waals surface area contributed by atoms with E-state index in [0.29, 0.717) is 51.9 Å². The molecular formula is C35H41N3O5. The van der Waals surface area contributed by atoms with Crippen LogP contribution in [0.5, 0.6) is 6.01 Å². The molecule has 0 N–H and O–H groups in total. The van der Waals surface area contributed by atoms with E-state index in [0.717, 1.165) is 23.1 Å². The van der Waals surface area contributed by atoms with E-state index in [9.17, 15) is 4.79 Å². The van der Waals surface area contributed by atoms with Gasteiger partial charge in [0.05, 0.1) is 39.1 Å². The largest absolute Gasteiger partial charge is 0.463 e. The number of hydrogen-bond acceptors (Lipinski definition) is 7. The van der Waals surface area contributed by atoms with Crippen molar-refractivity contribution in [2.75, 3.05) is 26.3 Å². The van der Waals surface area contributed by atoms with Crippen LogP contribution in [0.1, 0.15) is 56.2 Å². The molecule has 1 fully saturated rings. The van der Waals surface area contributed by atoms with Gasteiger partial charge in [-0.05, 0) is 60.7 Å². The Balaban J connectivity index is 1.18. The molecule has 3 aromatic carbocycles. The molecule has 1 aromatic heterocycles. The fraction of sp³-hybridized carbons (Fsp3) is 0.400. The number of amides is 1. The predicted octanol–water partition coefficient (Wildman–Crippen LogP) is 6.93. The second-order valence-electron chi connectivity index (χ2n) is 11.9. The number of piperidine rings is 1. The third-order valence-corrected chi connectivity index (χ3v) is 7.34. The van der Waals surface area contributed by atoms with Crippen LogP contribution in [0, 0.1) is 0 Å². The minimum atomic E-state index is -0.562. The van der Waals surface area contributed by atoms with E-state index < -0.39 is 5.60 Å². The summed E-state index contributed by atoms with van der Waals surface area (Å²) < 4.78 is 23.7. The number of likely N-dealkylation sites (tertiary alicyclic amines) is 1. The fourth-order valence-electron chi connectivity index (χ4n) is 5.17. The lowest BCUT2D eigenvalue weighted by Crippen LogP contribution is -2.48. The molecule has 43 heavy (non-hydrogen) atoms. The third-order valence-electron chi connectivity index (χ3n) is 7.34. The van der Waals surface area contributed by atoms with E-state index in [2.05, 4.69) is 40.3 Å². The van der Waals surface area contributed by atoms with Gasteiger partial charge in [-0.3, -0.25) is 0 Å². The number of fused-ring (bicyclic) bond motifs is 1. The van der Waals surface area contributed by atoms with Gasteiger partial charge in [-0.25, -0.2) is 14.8 Å². The second kappa shape index (κ2) is 14.4. The molecule has 8 nitrogen and oxygen atoms in total. The van der Waals surface area contributed by atoms with E-state index in [1.54, 1.807) is 4.90 Å². The Morgan fingerprint density at radius 2 is 1.63 bits per heavy atom. The summed E-state index contributed by atoms with van der Waals surface area (Å²) >= 11 is 0. The van der Waals surface area contributed by atoms with Crippen molar-refractivity contribution in [2.24, 2.45) is 0 Å². The average Bonchev–Trinajstić information content (AvgIpc) is 3.01. The molecule has 1 saturated heterocycles. The van der Waals surface area contributed by atoms with Crippen molar-refractivity contribution in [3.8, 4) is 6.01 Å². The SMILES string of the molecule is CC(C)(C)OC(=O)N1CCC(c2cnc(OCCCOCc3ccccc3)nc2)C(OCc2ccc3ccccc3c2)C1.